The van der Waals surface area contributed by atoms with Crippen LogP contribution in [0.1, 0.15) is 24.4 Å². The van der Waals surface area contributed by atoms with Crippen LogP contribution in [-0.4, -0.2) is 0 Å². The monoisotopic (exact) mass is 237 g/mol. The van der Waals surface area contributed by atoms with Gasteiger partial charge in [-0.05, 0) is 24.1 Å². The fourth-order valence-electron chi connectivity index (χ4n) is 1.12. The lowest BCUT2D eigenvalue weighted by atomic mass is 10.0. The number of benzene rings is 1. The zero-order chi connectivity index (χ0) is 9.68. The van der Waals surface area contributed by atoms with Crippen molar-refractivity contribution in [3.63, 3.8) is 0 Å². The molecule has 0 bridgehead atoms. The van der Waals surface area contributed by atoms with Gasteiger partial charge >= 0.3 is 0 Å². The molecule has 68 valence electrons. The number of rotatable bonds is 3. The van der Waals surface area contributed by atoms with Crippen LogP contribution >= 0.6 is 15.9 Å². The van der Waals surface area contributed by atoms with Gasteiger partial charge in [0.1, 0.15) is 0 Å². The Morgan fingerprint density at radius 2 is 2.00 bits per heavy atom. The lowest BCUT2D eigenvalue weighted by Crippen LogP contribution is -2.09. The predicted molar refractivity (Wildman–Crippen MR) is 59.1 cm³/mol. The van der Waals surface area contributed by atoms with Crippen molar-refractivity contribution in [1.82, 2.24) is 0 Å². The summed E-state index contributed by atoms with van der Waals surface area (Å²) in [5.41, 5.74) is 7.06. The van der Waals surface area contributed by atoms with Gasteiger partial charge in [-0.2, -0.15) is 0 Å². The Kier molecular flexibility index (Phi) is 4.01. The van der Waals surface area contributed by atoms with Crippen molar-refractivity contribution in [1.29, 1.82) is 0 Å². The van der Waals surface area contributed by atoms with Gasteiger partial charge in [-0.25, -0.2) is 0 Å². The van der Waals surface area contributed by atoms with E-state index in [0.717, 1.165) is 22.9 Å². The summed E-state index contributed by atoms with van der Waals surface area (Å²) >= 11 is 3.37. The molecule has 0 aromatic heterocycles. The summed E-state index contributed by atoms with van der Waals surface area (Å²) in [7, 11) is 0. The minimum Gasteiger partial charge on any atom is -0.324 e. The molecule has 1 aromatic rings. The zero-order valence-corrected chi connectivity index (χ0v) is 8.92. The third-order valence-electron chi connectivity index (χ3n) is 1.90. The third kappa shape index (κ3) is 3.22. The minimum absolute atomic E-state index is 0.0594. The molecule has 0 fully saturated rings. The second-order valence-corrected chi connectivity index (χ2v) is 3.82. The number of halogens is 1. The van der Waals surface area contributed by atoms with Crippen LogP contribution in [0.4, 0.5) is 0 Å². The molecule has 2 heteroatoms. The van der Waals surface area contributed by atoms with E-state index in [1.807, 2.05) is 24.3 Å². The number of hydrogen-bond donors (Lipinski definition) is 1. The molecule has 2 N–H and O–H groups in total. The van der Waals surface area contributed by atoms with Crippen LogP contribution in [0.2, 0.25) is 0 Å². The smallest absolute Gasteiger partial charge is 0.0303 e. The van der Waals surface area contributed by atoms with Crippen molar-refractivity contribution in [2.24, 2.45) is 5.73 Å². The van der Waals surface area contributed by atoms with Gasteiger partial charge in [-0.15, -0.1) is 12.3 Å². The molecule has 0 heterocycles. The minimum atomic E-state index is 0.0594. The van der Waals surface area contributed by atoms with Gasteiger partial charge in [0.25, 0.3) is 0 Å². The Morgan fingerprint density at radius 3 is 2.54 bits per heavy atom. The fourth-order valence-corrected chi connectivity index (χ4v) is 1.38. The third-order valence-corrected chi connectivity index (χ3v) is 2.43. The molecule has 0 aliphatic rings. The highest BCUT2D eigenvalue weighted by Crippen LogP contribution is 2.18. The first-order valence-corrected chi connectivity index (χ1v) is 4.98. The average Bonchev–Trinajstić information content (AvgIpc) is 2.15. The van der Waals surface area contributed by atoms with Gasteiger partial charge < -0.3 is 5.73 Å². The Hall–Kier alpha value is -0.780. The average molecular weight is 238 g/mol. The van der Waals surface area contributed by atoms with E-state index in [9.17, 15) is 0 Å². The first-order chi connectivity index (χ1) is 6.24. The molecule has 0 saturated carbocycles. The van der Waals surface area contributed by atoms with Crippen molar-refractivity contribution in [3.05, 3.63) is 34.3 Å². The quantitative estimate of drug-likeness (QED) is 0.805. The molecule has 13 heavy (non-hydrogen) atoms. The topological polar surface area (TPSA) is 26.0 Å². The largest absolute Gasteiger partial charge is 0.324 e. The molecule has 1 aromatic carbocycles. The molecule has 1 atom stereocenters. The van der Waals surface area contributed by atoms with Crippen molar-refractivity contribution in [2.75, 3.05) is 0 Å². The summed E-state index contributed by atoms with van der Waals surface area (Å²) in [5, 5.41) is 0. The maximum absolute atomic E-state index is 5.92. The zero-order valence-electron chi connectivity index (χ0n) is 7.33. The van der Waals surface area contributed by atoms with Gasteiger partial charge in [0.2, 0.25) is 0 Å². The van der Waals surface area contributed by atoms with Gasteiger partial charge in [0.05, 0.1) is 0 Å². The highest BCUT2D eigenvalue weighted by atomic mass is 79.9. The van der Waals surface area contributed by atoms with Crippen LogP contribution in [0.3, 0.4) is 0 Å². The second kappa shape index (κ2) is 5.06. The van der Waals surface area contributed by atoms with Crippen LogP contribution in [0, 0.1) is 12.3 Å². The van der Waals surface area contributed by atoms with E-state index in [2.05, 4.69) is 21.9 Å². The van der Waals surface area contributed by atoms with Gasteiger partial charge in [0, 0.05) is 16.9 Å². The van der Waals surface area contributed by atoms with E-state index in [-0.39, 0.29) is 6.04 Å². The van der Waals surface area contributed by atoms with E-state index in [1.54, 1.807) is 0 Å². The maximum atomic E-state index is 5.92. The highest BCUT2D eigenvalue weighted by molar-refractivity contribution is 9.10. The van der Waals surface area contributed by atoms with Crippen LogP contribution in [0.5, 0.6) is 0 Å². The van der Waals surface area contributed by atoms with Crippen LogP contribution in [0.15, 0.2) is 28.7 Å². The van der Waals surface area contributed by atoms with Crippen molar-refractivity contribution < 1.29 is 0 Å². The molecule has 0 aliphatic heterocycles. The molecular formula is C11H12BrN. The van der Waals surface area contributed by atoms with Crippen molar-refractivity contribution >= 4 is 15.9 Å². The summed E-state index contributed by atoms with van der Waals surface area (Å²) in [6.07, 6.45) is 6.74. The molecule has 1 unspecified atom stereocenters. The molecule has 0 spiro atoms. The summed E-state index contributed by atoms with van der Waals surface area (Å²) in [4.78, 5) is 0. The molecule has 1 rings (SSSR count). The van der Waals surface area contributed by atoms with Gasteiger partial charge in [-0.1, -0.05) is 28.1 Å². The van der Waals surface area contributed by atoms with E-state index in [4.69, 9.17) is 12.2 Å². The Balaban J connectivity index is 2.62. The van der Waals surface area contributed by atoms with Crippen molar-refractivity contribution in [2.45, 2.75) is 18.9 Å². The Morgan fingerprint density at radius 1 is 1.38 bits per heavy atom. The fraction of sp³-hybridized carbons (Fsp3) is 0.273. The molecule has 0 amide bonds. The van der Waals surface area contributed by atoms with Gasteiger partial charge in [-0.3, -0.25) is 0 Å². The lowest BCUT2D eigenvalue weighted by Gasteiger charge is -2.09. The Bertz CT molecular complexity index is 297. The van der Waals surface area contributed by atoms with Crippen LogP contribution in [-0.2, 0) is 0 Å². The van der Waals surface area contributed by atoms with Crippen LogP contribution < -0.4 is 5.73 Å². The molecular weight excluding hydrogens is 226 g/mol. The summed E-state index contributed by atoms with van der Waals surface area (Å²) in [6, 6.07) is 8.08. The van der Waals surface area contributed by atoms with E-state index < -0.39 is 0 Å². The van der Waals surface area contributed by atoms with Crippen molar-refractivity contribution in [3.8, 4) is 12.3 Å². The number of nitrogens with two attached hydrogens (primary N) is 1. The Labute approximate surface area is 87.5 Å². The van der Waals surface area contributed by atoms with E-state index in [0.29, 0.717) is 0 Å². The summed E-state index contributed by atoms with van der Waals surface area (Å²) in [6.45, 7) is 0. The SMILES string of the molecule is C#CCCC(N)c1ccc(Br)cc1. The molecule has 1 nitrogen and oxygen atoms in total. The summed E-state index contributed by atoms with van der Waals surface area (Å²) in [5.74, 6) is 2.59. The highest BCUT2D eigenvalue weighted by Gasteiger charge is 2.03. The number of terminal acetylenes is 1. The number of hydrogen-bond acceptors (Lipinski definition) is 1. The van der Waals surface area contributed by atoms with Gasteiger partial charge in [0.15, 0.2) is 0 Å². The standard InChI is InChI=1S/C11H12BrN/c1-2-3-4-11(13)9-5-7-10(12)8-6-9/h1,5-8,11H,3-4,13H2. The maximum Gasteiger partial charge on any atom is 0.0303 e. The summed E-state index contributed by atoms with van der Waals surface area (Å²) < 4.78 is 1.07. The molecule has 0 aliphatic carbocycles. The molecule has 0 saturated heterocycles. The van der Waals surface area contributed by atoms with E-state index >= 15 is 0 Å². The second-order valence-electron chi connectivity index (χ2n) is 2.90. The molecule has 0 radical (unpaired) electrons. The first kappa shape index (κ1) is 10.3. The predicted octanol–water partition coefficient (Wildman–Crippen LogP) is 2.86. The lowest BCUT2D eigenvalue weighted by molar-refractivity contribution is 0.668. The normalized spacial score (nSPS) is 12.1. The van der Waals surface area contributed by atoms with Crippen LogP contribution in [0.25, 0.3) is 0 Å². The van der Waals surface area contributed by atoms with E-state index in [1.165, 1.54) is 0 Å². The first-order valence-electron chi connectivity index (χ1n) is 4.18.